The molecule has 0 radical (unpaired) electrons. The molecule has 1 N–H and O–H groups in total. The Hall–Kier alpha value is -3.29. The number of nitrogens with zero attached hydrogens (tertiary/aromatic N) is 3. The van der Waals surface area contributed by atoms with Gasteiger partial charge in [0.25, 0.3) is 0 Å². The first-order chi connectivity index (χ1) is 13.0. The normalized spacial score (nSPS) is 14.6. The second-order valence-corrected chi connectivity index (χ2v) is 6.33. The number of hydrogen-bond donors (Lipinski definition) is 1. The van der Waals surface area contributed by atoms with Crippen LogP contribution in [0.5, 0.6) is 5.75 Å². The van der Waals surface area contributed by atoms with Crippen molar-refractivity contribution in [3.05, 3.63) is 66.1 Å². The van der Waals surface area contributed by atoms with E-state index in [2.05, 4.69) is 15.4 Å². The van der Waals surface area contributed by atoms with E-state index in [1.807, 2.05) is 0 Å². The molecule has 1 aliphatic carbocycles. The quantitative estimate of drug-likeness (QED) is 0.749. The third kappa shape index (κ3) is 2.92. The summed E-state index contributed by atoms with van der Waals surface area (Å²) in [7, 11) is 1.40. The summed E-state index contributed by atoms with van der Waals surface area (Å²) in [5.74, 6) is -0.901. The van der Waals surface area contributed by atoms with Gasteiger partial charge in [0.2, 0.25) is 5.91 Å². The summed E-state index contributed by atoms with van der Waals surface area (Å²) in [6.45, 7) is 0. The third-order valence-corrected chi connectivity index (χ3v) is 4.69. The lowest BCUT2D eigenvalue weighted by Crippen LogP contribution is -2.29. The molecule has 0 bridgehead atoms. The topological polar surface area (TPSA) is 69.0 Å². The summed E-state index contributed by atoms with van der Waals surface area (Å²) in [6, 6.07) is 7.80. The first-order valence-corrected chi connectivity index (χ1v) is 8.35. The van der Waals surface area contributed by atoms with E-state index in [0.717, 1.165) is 6.20 Å². The van der Waals surface area contributed by atoms with E-state index in [0.29, 0.717) is 18.4 Å². The average Bonchev–Trinajstić information content (AvgIpc) is 3.35. The van der Waals surface area contributed by atoms with Crippen LogP contribution < -0.4 is 10.1 Å². The summed E-state index contributed by atoms with van der Waals surface area (Å²) in [6.07, 6.45) is 5.05. The van der Waals surface area contributed by atoms with Gasteiger partial charge in [0.1, 0.15) is 11.5 Å². The van der Waals surface area contributed by atoms with Crippen LogP contribution in [-0.4, -0.2) is 27.8 Å². The van der Waals surface area contributed by atoms with Crippen molar-refractivity contribution < 1.29 is 18.3 Å². The zero-order valence-corrected chi connectivity index (χ0v) is 14.4. The van der Waals surface area contributed by atoms with Gasteiger partial charge in [-0.05, 0) is 18.9 Å². The molecule has 6 nitrogen and oxygen atoms in total. The number of anilines is 1. The van der Waals surface area contributed by atoms with Crippen molar-refractivity contribution in [2.24, 2.45) is 0 Å². The Labute approximate surface area is 153 Å². The van der Waals surface area contributed by atoms with E-state index in [9.17, 15) is 13.6 Å². The predicted octanol–water partition coefficient (Wildman–Crippen LogP) is 3.22. The molecular weight excluding hydrogens is 354 g/mol. The second-order valence-electron chi connectivity index (χ2n) is 6.33. The van der Waals surface area contributed by atoms with E-state index in [4.69, 9.17) is 4.74 Å². The van der Waals surface area contributed by atoms with Crippen LogP contribution in [0.4, 0.5) is 14.6 Å². The molecule has 2 heterocycles. The van der Waals surface area contributed by atoms with E-state index in [1.54, 1.807) is 18.2 Å². The van der Waals surface area contributed by atoms with Crippen LogP contribution in [0.15, 0.2) is 48.9 Å². The molecule has 138 valence electrons. The van der Waals surface area contributed by atoms with Gasteiger partial charge < -0.3 is 10.1 Å². The van der Waals surface area contributed by atoms with Gasteiger partial charge in [-0.25, -0.2) is 13.5 Å². The molecule has 3 aromatic rings. The molecule has 1 aliphatic rings. The number of pyridine rings is 1. The number of halogens is 2. The van der Waals surface area contributed by atoms with Crippen LogP contribution in [0.2, 0.25) is 0 Å². The van der Waals surface area contributed by atoms with Gasteiger partial charge in [0.05, 0.1) is 24.9 Å². The monoisotopic (exact) mass is 370 g/mol. The highest BCUT2D eigenvalue weighted by atomic mass is 19.1. The number of methoxy groups -OCH3 is 1. The number of rotatable bonds is 5. The number of aromatic nitrogens is 3. The number of hydrogen-bond acceptors (Lipinski definition) is 4. The molecule has 0 spiro atoms. The van der Waals surface area contributed by atoms with Crippen molar-refractivity contribution in [1.29, 1.82) is 0 Å². The van der Waals surface area contributed by atoms with Crippen LogP contribution in [-0.2, 0) is 10.2 Å². The van der Waals surface area contributed by atoms with Crippen LogP contribution >= 0.6 is 0 Å². The highest BCUT2D eigenvalue weighted by Crippen LogP contribution is 2.49. The lowest BCUT2D eigenvalue weighted by Gasteiger charge is -2.15. The maximum atomic E-state index is 14.1. The molecule has 1 saturated carbocycles. The highest BCUT2D eigenvalue weighted by molar-refractivity contribution is 6.00. The fourth-order valence-electron chi connectivity index (χ4n) is 3.13. The summed E-state index contributed by atoms with van der Waals surface area (Å²) in [4.78, 5) is 16.5. The Morgan fingerprint density at radius 3 is 2.67 bits per heavy atom. The maximum absolute atomic E-state index is 14.1. The fraction of sp³-hybridized carbons (Fsp3) is 0.211. The number of benzene rings is 1. The van der Waals surface area contributed by atoms with Crippen molar-refractivity contribution >= 4 is 11.7 Å². The van der Waals surface area contributed by atoms with Gasteiger partial charge in [-0.1, -0.05) is 18.2 Å². The van der Waals surface area contributed by atoms with Crippen molar-refractivity contribution in [3.63, 3.8) is 0 Å². The Kier molecular flexibility index (Phi) is 4.10. The second kappa shape index (κ2) is 6.46. The maximum Gasteiger partial charge on any atom is 0.236 e. The molecule has 0 unspecified atom stereocenters. The third-order valence-electron chi connectivity index (χ3n) is 4.69. The van der Waals surface area contributed by atoms with Crippen molar-refractivity contribution in [3.8, 4) is 11.4 Å². The summed E-state index contributed by atoms with van der Waals surface area (Å²) < 4.78 is 34.6. The Balaban J connectivity index is 1.59. The van der Waals surface area contributed by atoms with Crippen molar-refractivity contribution in [2.75, 3.05) is 12.4 Å². The summed E-state index contributed by atoms with van der Waals surface area (Å²) >= 11 is 0. The summed E-state index contributed by atoms with van der Waals surface area (Å²) in [5.41, 5.74) is -0.415. The van der Waals surface area contributed by atoms with Gasteiger partial charge >= 0.3 is 0 Å². The molecule has 0 aliphatic heterocycles. The smallest absolute Gasteiger partial charge is 0.236 e. The first-order valence-electron chi connectivity index (χ1n) is 8.35. The molecule has 27 heavy (non-hydrogen) atoms. The molecule has 8 heteroatoms. The van der Waals surface area contributed by atoms with Gasteiger partial charge in [-0.15, -0.1) is 5.10 Å². The largest absolute Gasteiger partial charge is 0.493 e. The SMILES string of the molecule is COc1cncc(F)c1-n1ccc(NC(=O)C2(c3ccccc3F)CC2)n1. The molecule has 1 amide bonds. The minimum absolute atomic E-state index is 0.0863. The predicted molar refractivity (Wildman–Crippen MR) is 93.8 cm³/mol. The van der Waals surface area contributed by atoms with Gasteiger partial charge in [0.15, 0.2) is 17.4 Å². The van der Waals surface area contributed by atoms with E-state index in [-0.39, 0.29) is 23.2 Å². The van der Waals surface area contributed by atoms with Gasteiger partial charge in [-0.2, -0.15) is 0 Å². The molecule has 0 saturated heterocycles. The molecule has 4 rings (SSSR count). The number of ether oxygens (including phenoxy) is 1. The van der Waals surface area contributed by atoms with Crippen LogP contribution in [0, 0.1) is 11.6 Å². The fourth-order valence-corrected chi connectivity index (χ4v) is 3.13. The molecule has 2 aromatic heterocycles. The molecule has 1 aromatic carbocycles. The number of amides is 1. The van der Waals surface area contributed by atoms with E-state index in [1.165, 1.54) is 36.3 Å². The van der Waals surface area contributed by atoms with Crippen LogP contribution in [0.3, 0.4) is 0 Å². The Morgan fingerprint density at radius 1 is 1.19 bits per heavy atom. The zero-order chi connectivity index (χ0) is 19.0. The summed E-state index contributed by atoms with van der Waals surface area (Å²) in [5, 5.41) is 6.89. The number of carbonyl (C=O) groups excluding carboxylic acids is 1. The zero-order valence-electron chi connectivity index (χ0n) is 14.4. The minimum Gasteiger partial charge on any atom is -0.493 e. The van der Waals surface area contributed by atoms with Crippen molar-refractivity contribution in [1.82, 2.24) is 14.8 Å². The minimum atomic E-state index is -0.880. The lowest BCUT2D eigenvalue weighted by atomic mass is 9.94. The lowest BCUT2D eigenvalue weighted by molar-refractivity contribution is -0.118. The number of nitrogens with one attached hydrogen (secondary N) is 1. The van der Waals surface area contributed by atoms with E-state index >= 15 is 0 Å². The molecule has 0 atom stereocenters. The number of carbonyl (C=O) groups is 1. The molecular formula is C19H16F2N4O2. The average molecular weight is 370 g/mol. The van der Waals surface area contributed by atoms with Gasteiger partial charge in [0, 0.05) is 17.8 Å². The Morgan fingerprint density at radius 2 is 1.96 bits per heavy atom. The molecule has 1 fully saturated rings. The Bertz CT molecular complexity index is 1010. The van der Waals surface area contributed by atoms with E-state index < -0.39 is 17.0 Å². The van der Waals surface area contributed by atoms with Crippen LogP contribution in [0.25, 0.3) is 5.69 Å². The van der Waals surface area contributed by atoms with Crippen molar-refractivity contribution in [2.45, 2.75) is 18.3 Å². The highest BCUT2D eigenvalue weighted by Gasteiger charge is 2.52. The van der Waals surface area contributed by atoms with Crippen LogP contribution in [0.1, 0.15) is 18.4 Å². The standard InChI is InChI=1S/C19H16F2N4O2/c1-27-15-11-22-10-14(21)17(15)25-9-6-16(24-25)23-18(26)19(7-8-19)12-4-2-3-5-13(12)20/h2-6,9-11H,7-8H2,1H3,(H,23,24,26). The van der Waals surface area contributed by atoms with Gasteiger partial charge in [-0.3, -0.25) is 9.78 Å². The first kappa shape index (κ1) is 17.1.